The van der Waals surface area contributed by atoms with E-state index in [2.05, 4.69) is 10.6 Å². The van der Waals surface area contributed by atoms with Crippen LogP contribution in [0.15, 0.2) is 18.2 Å². The van der Waals surface area contributed by atoms with Gasteiger partial charge in [0, 0.05) is 31.2 Å². The van der Waals surface area contributed by atoms with Crippen molar-refractivity contribution in [2.45, 2.75) is 39.0 Å². The molecule has 3 atom stereocenters. The Balaban J connectivity index is 3.01. The van der Waals surface area contributed by atoms with Crippen LogP contribution in [0.5, 0.6) is 0 Å². The van der Waals surface area contributed by atoms with Gasteiger partial charge in [-0.2, -0.15) is 0 Å². The molecule has 0 saturated carbocycles. The Morgan fingerprint density at radius 3 is 2.32 bits per heavy atom. The van der Waals surface area contributed by atoms with E-state index in [-0.39, 0.29) is 11.5 Å². The predicted molar refractivity (Wildman–Crippen MR) is 81.4 cm³/mol. The first kappa shape index (κ1) is 18.9. The lowest BCUT2D eigenvalue weighted by Crippen LogP contribution is -2.52. The molecule has 0 aliphatic heterocycles. The summed E-state index contributed by atoms with van der Waals surface area (Å²) in [6, 6.07) is 3.59. The monoisotopic (exact) mass is 318 g/mol. The van der Waals surface area contributed by atoms with Crippen molar-refractivity contribution in [2.75, 3.05) is 20.7 Å². The average molecular weight is 318 g/mol. The van der Waals surface area contributed by atoms with Gasteiger partial charge >= 0.3 is 0 Å². The summed E-state index contributed by atoms with van der Waals surface area (Å²) in [5, 5.41) is 6.27. The summed E-state index contributed by atoms with van der Waals surface area (Å²) < 4.78 is 45.4. The van der Waals surface area contributed by atoms with Gasteiger partial charge in [-0.25, -0.2) is 13.2 Å². The number of nitrogens with one attached hydrogen (secondary N) is 2. The molecule has 1 rings (SSSR count). The summed E-state index contributed by atoms with van der Waals surface area (Å²) in [5.74, 6) is -0.775. The van der Waals surface area contributed by atoms with Crippen molar-refractivity contribution < 1.29 is 17.9 Å². The molecule has 22 heavy (non-hydrogen) atoms. The molecule has 126 valence electrons. The number of benzene rings is 1. The van der Waals surface area contributed by atoms with Crippen molar-refractivity contribution in [3.05, 3.63) is 35.1 Å². The van der Waals surface area contributed by atoms with E-state index in [9.17, 15) is 13.2 Å². The van der Waals surface area contributed by atoms with Crippen LogP contribution in [0.1, 0.15) is 44.4 Å². The van der Waals surface area contributed by atoms with Crippen molar-refractivity contribution in [3.63, 3.8) is 0 Å². The van der Waals surface area contributed by atoms with Crippen LogP contribution in [0.25, 0.3) is 0 Å². The van der Waals surface area contributed by atoms with Gasteiger partial charge in [0.1, 0.15) is 11.5 Å². The van der Waals surface area contributed by atoms with E-state index in [0.29, 0.717) is 6.54 Å². The zero-order valence-corrected chi connectivity index (χ0v) is 13.7. The van der Waals surface area contributed by atoms with Crippen LogP contribution in [0.3, 0.4) is 0 Å². The lowest BCUT2D eigenvalue weighted by atomic mass is 9.96. The van der Waals surface area contributed by atoms with E-state index in [1.165, 1.54) is 12.1 Å². The maximum Gasteiger partial charge on any atom is 0.266 e. The maximum absolute atomic E-state index is 14.2. The van der Waals surface area contributed by atoms with Crippen LogP contribution in [0.2, 0.25) is 0 Å². The number of hydrogen-bond donors (Lipinski definition) is 2. The smallest absolute Gasteiger partial charge is 0.266 e. The summed E-state index contributed by atoms with van der Waals surface area (Å²) in [6.45, 7) is 6.28. The second-order valence-electron chi connectivity index (χ2n) is 5.69. The normalized spacial score (nSPS) is 17.3. The van der Waals surface area contributed by atoms with Gasteiger partial charge in [-0.15, -0.1) is 0 Å². The molecule has 0 saturated heterocycles. The summed E-state index contributed by atoms with van der Waals surface area (Å²) in [4.78, 5) is 0. The standard InChI is InChI=1S/C16H25F3N2O/c1-10(9-20-4)16(3,22-5)21-11(2)12-7-6-8-13(14(12)17)15(18)19/h6-8,10-11,15,20-21H,9H2,1-5H3/t10?,11-,16?/m1/s1. The fourth-order valence-corrected chi connectivity index (χ4v) is 2.48. The lowest BCUT2D eigenvalue weighted by molar-refractivity contribution is -0.0717. The molecule has 2 N–H and O–H groups in total. The van der Waals surface area contributed by atoms with Gasteiger partial charge in [0.2, 0.25) is 0 Å². The number of alkyl halides is 2. The van der Waals surface area contributed by atoms with Crippen LogP contribution < -0.4 is 10.6 Å². The van der Waals surface area contributed by atoms with Crippen LogP contribution in [0, 0.1) is 11.7 Å². The summed E-state index contributed by atoms with van der Waals surface area (Å²) in [5.41, 5.74) is -1.08. The molecule has 0 aliphatic rings. The zero-order chi connectivity index (χ0) is 16.9. The van der Waals surface area contributed by atoms with E-state index in [1.54, 1.807) is 14.0 Å². The van der Waals surface area contributed by atoms with E-state index < -0.39 is 29.6 Å². The molecule has 0 amide bonds. The minimum Gasteiger partial charge on any atom is -0.364 e. The zero-order valence-electron chi connectivity index (χ0n) is 13.7. The summed E-state index contributed by atoms with van der Waals surface area (Å²) in [6.07, 6.45) is -2.83. The van der Waals surface area contributed by atoms with Crippen LogP contribution in [0.4, 0.5) is 13.2 Å². The highest BCUT2D eigenvalue weighted by atomic mass is 19.3. The third-order valence-corrected chi connectivity index (χ3v) is 4.14. The quantitative estimate of drug-likeness (QED) is 0.718. The first-order valence-electron chi connectivity index (χ1n) is 7.30. The molecule has 0 bridgehead atoms. The fraction of sp³-hybridized carbons (Fsp3) is 0.625. The summed E-state index contributed by atoms with van der Waals surface area (Å²) >= 11 is 0. The summed E-state index contributed by atoms with van der Waals surface area (Å²) in [7, 11) is 3.40. The molecular weight excluding hydrogens is 293 g/mol. The molecule has 0 heterocycles. The van der Waals surface area contributed by atoms with Gasteiger partial charge in [-0.3, -0.25) is 5.32 Å². The van der Waals surface area contributed by atoms with E-state index in [4.69, 9.17) is 4.74 Å². The first-order valence-corrected chi connectivity index (χ1v) is 7.30. The van der Waals surface area contributed by atoms with Crippen molar-refractivity contribution in [2.24, 2.45) is 5.92 Å². The number of halogens is 3. The molecule has 0 aliphatic carbocycles. The van der Waals surface area contributed by atoms with Gasteiger partial charge in [-0.05, 0) is 20.9 Å². The number of ether oxygens (including phenoxy) is 1. The topological polar surface area (TPSA) is 33.3 Å². The number of rotatable bonds is 8. The van der Waals surface area contributed by atoms with Crippen molar-refractivity contribution in [1.82, 2.24) is 10.6 Å². The highest BCUT2D eigenvalue weighted by molar-refractivity contribution is 5.29. The highest BCUT2D eigenvalue weighted by Gasteiger charge is 2.33. The lowest BCUT2D eigenvalue weighted by Gasteiger charge is -2.38. The maximum atomic E-state index is 14.2. The van der Waals surface area contributed by atoms with Crippen molar-refractivity contribution >= 4 is 0 Å². The predicted octanol–water partition coefficient (Wildman–Crippen LogP) is 3.63. The molecule has 0 spiro atoms. The van der Waals surface area contributed by atoms with Crippen LogP contribution in [-0.2, 0) is 4.74 Å². The minimum atomic E-state index is -2.83. The third-order valence-electron chi connectivity index (χ3n) is 4.14. The van der Waals surface area contributed by atoms with Crippen LogP contribution in [-0.4, -0.2) is 26.4 Å². The van der Waals surface area contributed by atoms with Gasteiger partial charge in [-0.1, -0.05) is 25.1 Å². The van der Waals surface area contributed by atoms with Crippen molar-refractivity contribution in [1.29, 1.82) is 0 Å². The van der Waals surface area contributed by atoms with Gasteiger partial charge in [0.25, 0.3) is 6.43 Å². The highest BCUT2D eigenvalue weighted by Crippen LogP contribution is 2.29. The Kier molecular flexibility index (Phi) is 6.84. The molecule has 0 aromatic heterocycles. The molecule has 6 heteroatoms. The Morgan fingerprint density at radius 1 is 1.23 bits per heavy atom. The molecule has 1 aromatic carbocycles. The Labute approximate surface area is 130 Å². The van der Waals surface area contributed by atoms with E-state index >= 15 is 0 Å². The first-order chi connectivity index (χ1) is 10.3. The minimum absolute atomic E-state index is 0.0892. The second kappa shape index (κ2) is 7.94. The van der Waals surface area contributed by atoms with Crippen molar-refractivity contribution in [3.8, 4) is 0 Å². The van der Waals surface area contributed by atoms with Gasteiger partial charge < -0.3 is 10.1 Å². The molecule has 0 radical (unpaired) electrons. The SMILES string of the molecule is CNCC(C)C(C)(N[C@H](C)c1cccc(C(F)F)c1F)OC. The number of methoxy groups -OCH3 is 1. The van der Waals surface area contributed by atoms with E-state index in [1.807, 2.05) is 20.9 Å². The third kappa shape index (κ3) is 4.21. The molecular formula is C16H25F3N2O. The number of hydrogen-bond acceptors (Lipinski definition) is 3. The van der Waals surface area contributed by atoms with Gasteiger partial charge in [0.05, 0.1) is 5.56 Å². The van der Waals surface area contributed by atoms with Gasteiger partial charge in [0.15, 0.2) is 0 Å². The largest absolute Gasteiger partial charge is 0.364 e. The molecule has 3 nitrogen and oxygen atoms in total. The second-order valence-corrected chi connectivity index (χ2v) is 5.69. The Morgan fingerprint density at radius 2 is 1.82 bits per heavy atom. The molecule has 0 fully saturated rings. The molecule has 1 aromatic rings. The Hall–Kier alpha value is -1.11. The van der Waals surface area contributed by atoms with E-state index in [0.717, 1.165) is 6.07 Å². The Bertz CT molecular complexity index is 484. The average Bonchev–Trinajstić information content (AvgIpc) is 2.47. The molecule has 2 unspecified atom stereocenters. The fourth-order valence-electron chi connectivity index (χ4n) is 2.48. The van der Waals surface area contributed by atoms with Crippen LogP contribution >= 0.6 is 0 Å².